The highest BCUT2D eigenvalue weighted by molar-refractivity contribution is 6.02. The molecular weight excluding hydrogens is 591 g/mol. The monoisotopic (exact) mass is 636 g/mol. The molecule has 0 bridgehead atoms. The molecule has 2 rings (SSSR count). The van der Waals surface area contributed by atoms with Crippen molar-refractivity contribution in [2.45, 2.75) is 86.0 Å². The van der Waals surface area contributed by atoms with Crippen LogP contribution in [0.1, 0.15) is 71.6 Å². The fourth-order valence-corrected chi connectivity index (χ4v) is 4.13. The van der Waals surface area contributed by atoms with E-state index in [4.69, 9.17) is 4.74 Å². The first kappa shape index (κ1) is 37.6. The molecule has 2 aromatic rings. The zero-order chi connectivity index (χ0) is 34.8. The lowest BCUT2D eigenvalue weighted by Gasteiger charge is -2.26. The lowest BCUT2D eigenvalue weighted by atomic mass is 9.92. The summed E-state index contributed by atoms with van der Waals surface area (Å²) in [5, 5.41) is 27.7. The van der Waals surface area contributed by atoms with E-state index in [0.717, 1.165) is 5.56 Å². The van der Waals surface area contributed by atoms with Gasteiger partial charge in [-0.25, -0.2) is 4.39 Å². The first-order valence-electron chi connectivity index (χ1n) is 15.0. The van der Waals surface area contributed by atoms with Gasteiger partial charge < -0.3 is 25.8 Å². The summed E-state index contributed by atoms with van der Waals surface area (Å²) in [6.07, 6.45) is -0.168. The second-order valence-electron chi connectivity index (χ2n) is 13.4. The number of aliphatic hydroxyl groups is 1. The van der Waals surface area contributed by atoms with Gasteiger partial charge in [0, 0.05) is 29.5 Å². The second kappa shape index (κ2) is 16.1. The predicted molar refractivity (Wildman–Crippen MR) is 173 cm³/mol. The highest BCUT2D eigenvalue weighted by Gasteiger charge is 2.33. The van der Waals surface area contributed by atoms with E-state index >= 15 is 0 Å². The topological polar surface area (TPSA) is 158 Å². The molecule has 0 fully saturated rings. The van der Waals surface area contributed by atoms with E-state index in [2.05, 4.69) is 16.0 Å². The molecule has 46 heavy (non-hydrogen) atoms. The minimum atomic E-state index is -1.26. The Morgan fingerprint density at radius 1 is 1.04 bits per heavy atom. The third-order valence-corrected chi connectivity index (χ3v) is 6.77. The zero-order valence-corrected chi connectivity index (χ0v) is 27.8. The van der Waals surface area contributed by atoms with E-state index in [0.29, 0.717) is 11.3 Å². The summed E-state index contributed by atoms with van der Waals surface area (Å²) >= 11 is 0. The van der Waals surface area contributed by atoms with Gasteiger partial charge in [-0.05, 0) is 70.0 Å². The van der Waals surface area contributed by atoms with Crippen molar-refractivity contribution < 1.29 is 33.4 Å². The molecule has 248 valence electrons. The minimum Gasteiger partial charge on any atom is -0.493 e. The van der Waals surface area contributed by atoms with Crippen LogP contribution in [0.2, 0.25) is 0 Å². The Bertz CT molecular complexity index is 1480. The van der Waals surface area contributed by atoms with E-state index in [1.165, 1.54) is 19.1 Å². The summed E-state index contributed by atoms with van der Waals surface area (Å²) < 4.78 is 20.3. The van der Waals surface area contributed by atoms with E-state index in [-0.39, 0.29) is 30.7 Å². The SMILES string of the molecule is Cc1ccc(CNC(=O)[C@H](COc2ccc(C=C(C#N)C(=O)NC(C)(C)C)cc2)CC(=O)[C@@H](NC(=O)C(C)(C)C)[C@@H](C)O)c(F)c1. The molecule has 0 aliphatic rings. The van der Waals surface area contributed by atoms with Gasteiger partial charge in [-0.1, -0.05) is 45.0 Å². The average molecular weight is 637 g/mol. The number of ketones is 1. The molecule has 11 heteroatoms. The summed E-state index contributed by atoms with van der Waals surface area (Å²) in [6, 6.07) is 11.7. The average Bonchev–Trinajstić information content (AvgIpc) is 2.94. The third-order valence-electron chi connectivity index (χ3n) is 6.77. The number of carbonyl (C=O) groups excluding carboxylic acids is 4. The number of aryl methyl sites for hydroxylation is 1. The summed E-state index contributed by atoms with van der Waals surface area (Å²) in [7, 11) is 0. The van der Waals surface area contributed by atoms with Gasteiger partial charge in [-0.15, -0.1) is 0 Å². The molecular formula is C35H45FN4O6. The van der Waals surface area contributed by atoms with Gasteiger partial charge in [0.15, 0.2) is 5.78 Å². The van der Waals surface area contributed by atoms with Gasteiger partial charge in [0.25, 0.3) is 5.91 Å². The Hall–Kier alpha value is -4.56. The molecule has 3 amide bonds. The smallest absolute Gasteiger partial charge is 0.262 e. The van der Waals surface area contributed by atoms with E-state index in [1.807, 2.05) is 6.07 Å². The Labute approximate surface area is 270 Å². The number of carbonyl (C=O) groups is 4. The first-order valence-corrected chi connectivity index (χ1v) is 15.0. The maximum absolute atomic E-state index is 14.4. The quantitative estimate of drug-likeness (QED) is 0.190. The number of Topliss-reactive ketones (excluding diaryl/α,β-unsaturated/α-hetero) is 1. The number of hydrogen-bond acceptors (Lipinski definition) is 7. The third kappa shape index (κ3) is 12.1. The van der Waals surface area contributed by atoms with Gasteiger partial charge in [-0.3, -0.25) is 19.2 Å². The molecule has 0 aromatic heterocycles. The lowest BCUT2D eigenvalue weighted by Crippen LogP contribution is -2.52. The van der Waals surface area contributed by atoms with E-state index in [9.17, 15) is 33.9 Å². The fraction of sp³-hybridized carbons (Fsp3) is 0.457. The van der Waals surface area contributed by atoms with Crippen LogP contribution in [0.3, 0.4) is 0 Å². The van der Waals surface area contributed by atoms with Crippen molar-refractivity contribution in [2.75, 3.05) is 6.61 Å². The minimum absolute atomic E-state index is 0.0740. The predicted octanol–water partition coefficient (Wildman–Crippen LogP) is 4.14. The lowest BCUT2D eigenvalue weighted by molar-refractivity contribution is -0.136. The Balaban J connectivity index is 2.24. The van der Waals surface area contributed by atoms with Crippen LogP contribution >= 0.6 is 0 Å². The molecule has 0 spiro atoms. The molecule has 0 radical (unpaired) electrons. The Kier molecular flexibility index (Phi) is 13.2. The zero-order valence-electron chi connectivity index (χ0n) is 27.8. The van der Waals surface area contributed by atoms with Crippen molar-refractivity contribution in [2.24, 2.45) is 11.3 Å². The molecule has 3 atom stereocenters. The number of hydrogen-bond donors (Lipinski definition) is 4. The number of aliphatic hydroxyl groups excluding tert-OH is 1. The summed E-state index contributed by atoms with van der Waals surface area (Å²) in [6.45, 7) is 13.2. The summed E-state index contributed by atoms with van der Waals surface area (Å²) in [5.41, 5.74) is 0.139. The van der Waals surface area contributed by atoms with Crippen molar-refractivity contribution >= 4 is 29.6 Å². The molecule has 2 aromatic carbocycles. The molecule has 0 saturated heterocycles. The normalized spacial score (nSPS) is 13.9. The van der Waals surface area contributed by atoms with Crippen LogP contribution in [0.5, 0.6) is 5.75 Å². The molecule has 0 aliphatic heterocycles. The Morgan fingerprint density at radius 3 is 2.20 bits per heavy atom. The van der Waals surface area contributed by atoms with E-state index < -0.39 is 58.3 Å². The van der Waals surface area contributed by atoms with Gasteiger partial charge in [0.05, 0.1) is 12.0 Å². The van der Waals surface area contributed by atoms with Crippen LogP contribution in [0.15, 0.2) is 48.0 Å². The fourth-order valence-electron chi connectivity index (χ4n) is 4.13. The van der Waals surface area contributed by atoms with Crippen LogP contribution in [0.4, 0.5) is 4.39 Å². The van der Waals surface area contributed by atoms with Crippen molar-refractivity contribution in [3.05, 3.63) is 70.5 Å². The van der Waals surface area contributed by atoms with Crippen molar-refractivity contribution in [1.82, 2.24) is 16.0 Å². The van der Waals surface area contributed by atoms with Gasteiger partial charge >= 0.3 is 0 Å². The summed E-state index contributed by atoms with van der Waals surface area (Å²) in [5.74, 6) is -3.29. The Morgan fingerprint density at radius 2 is 1.67 bits per heavy atom. The van der Waals surface area contributed by atoms with Crippen molar-refractivity contribution in [3.63, 3.8) is 0 Å². The maximum Gasteiger partial charge on any atom is 0.262 e. The number of nitrogens with one attached hydrogen (secondary N) is 3. The second-order valence-corrected chi connectivity index (χ2v) is 13.4. The van der Waals surface area contributed by atoms with Gasteiger partial charge in [-0.2, -0.15) is 5.26 Å². The number of amides is 3. The molecule has 0 unspecified atom stereocenters. The molecule has 4 N–H and O–H groups in total. The summed E-state index contributed by atoms with van der Waals surface area (Å²) in [4.78, 5) is 51.6. The molecule has 0 aliphatic carbocycles. The van der Waals surface area contributed by atoms with Gasteiger partial charge in [0.1, 0.15) is 35.9 Å². The maximum atomic E-state index is 14.4. The van der Waals surface area contributed by atoms with Crippen LogP contribution in [0.25, 0.3) is 6.08 Å². The number of nitriles is 1. The first-order chi connectivity index (χ1) is 21.3. The molecule has 10 nitrogen and oxygen atoms in total. The van der Waals surface area contributed by atoms with E-state index in [1.54, 1.807) is 84.9 Å². The number of ether oxygens (including phenoxy) is 1. The number of benzene rings is 2. The standard InChI is InChI=1S/C35H45FN4O6/c1-21-9-12-24(28(36)15-21)19-38-31(43)26(17-29(42)30(22(2)41)39-33(45)34(3,4)5)20-46-27-13-10-23(11-14-27)16-25(18-37)32(44)40-35(6,7)8/h9-16,22,26,30,41H,17,19-20H2,1-8H3,(H,38,43)(H,39,45)(H,40,44)/t22-,26+,30+/m1/s1. The highest BCUT2D eigenvalue weighted by Crippen LogP contribution is 2.19. The van der Waals surface area contributed by atoms with Crippen molar-refractivity contribution in [1.29, 1.82) is 5.26 Å². The highest BCUT2D eigenvalue weighted by atomic mass is 19.1. The number of halogens is 1. The molecule has 0 heterocycles. The van der Waals surface area contributed by atoms with Crippen LogP contribution in [-0.2, 0) is 25.7 Å². The number of rotatable bonds is 13. The van der Waals surface area contributed by atoms with Crippen LogP contribution < -0.4 is 20.7 Å². The molecule has 0 saturated carbocycles. The van der Waals surface area contributed by atoms with Crippen molar-refractivity contribution in [3.8, 4) is 11.8 Å². The van der Waals surface area contributed by atoms with Crippen LogP contribution in [0, 0.1) is 35.4 Å². The van der Waals surface area contributed by atoms with Gasteiger partial charge in [0.2, 0.25) is 11.8 Å². The van der Waals surface area contributed by atoms with Crippen LogP contribution in [-0.4, -0.2) is 52.9 Å². The number of nitrogens with zero attached hydrogens (tertiary/aromatic N) is 1. The largest absolute Gasteiger partial charge is 0.493 e.